The van der Waals surface area contributed by atoms with E-state index < -0.39 is 0 Å². The standard InChI is InChI=1S/C17H10BrClN4O2/c18-16-8-7-15(25-16)17(24)20-11-3-6-13-14(9-11)22-23(21-13)12-4-1-10(19)2-5-12/h1-9H,(H,20,24). The van der Waals surface area contributed by atoms with Crippen LogP contribution < -0.4 is 5.32 Å². The molecule has 8 heteroatoms. The summed E-state index contributed by atoms with van der Waals surface area (Å²) in [7, 11) is 0. The molecule has 1 amide bonds. The van der Waals surface area contributed by atoms with Crippen LogP contribution in [0.1, 0.15) is 10.6 Å². The first-order valence-electron chi connectivity index (χ1n) is 7.28. The average Bonchev–Trinajstić information content (AvgIpc) is 3.21. The number of hydrogen-bond donors (Lipinski definition) is 1. The molecule has 2 aromatic carbocycles. The maximum atomic E-state index is 12.1. The SMILES string of the molecule is O=C(Nc1ccc2nn(-c3ccc(Cl)cc3)nc2c1)c1ccc(Br)o1. The van der Waals surface area contributed by atoms with E-state index in [0.717, 1.165) is 5.69 Å². The Morgan fingerprint density at radius 3 is 2.52 bits per heavy atom. The third-order valence-corrected chi connectivity index (χ3v) is 4.17. The van der Waals surface area contributed by atoms with Gasteiger partial charge in [-0.15, -0.1) is 10.2 Å². The maximum Gasteiger partial charge on any atom is 0.291 e. The van der Waals surface area contributed by atoms with E-state index in [1.165, 1.54) is 4.80 Å². The van der Waals surface area contributed by atoms with Gasteiger partial charge in [-0.2, -0.15) is 4.80 Å². The predicted molar refractivity (Wildman–Crippen MR) is 98.2 cm³/mol. The van der Waals surface area contributed by atoms with Crippen LogP contribution in [0.15, 0.2) is 63.7 Å². The Hall–Kier alpha value is -2.64. The van der Waals surface area contributed by atoms with E-state index in [2.05, 4.69) is 31.4 Å². The summed E-state index contributed by atoms with van der Waals surface area (Å²) in [5.41, 5.74) is 2.78. The lowest BCUT2D eigenvalue weighted by Crippen LogP contribution is -2.10. The highest BCUT2D eigenvalue weighted by molar-refractivity contribution is 9.10. The van der Waals surface area contributed by atoms with Gasteiger partial charge in [-0.3, -0.25) is 4.79 Å². The van der Waals surface area contributed by atoms with E-state index in [0.29, 0.717) is 26.4 Å². The second-order valence-corrected chi connectivity index (χ2v) is 6.45. The number of halogens is 2. The quantitative estimate of drug-likeness (QED) is 0.525. The zero-order valence-corrected chi connectivity index (χ0v) is 15.0. The van der Waals surface area contributed by atoms with Gasteiger partial charge in [0.1, 0.15) is 11.0 Å². The van der Waals surface area contributed by atoms with E-state index in [4.69, 9.17) is 16.0 Å². The van der Waals surface area contributed by atoms with Gasteiger partial charge in [0.2, 0.25) is 0 Å². The first-order chi connectivity index (χ1) is 12.1. The summed E-state index contributed by atoms with van der Waals surface area (Å²) in [6.45, 7) is 0. The largest absolute Gasteiger partial charge is 0.444 e. The Kier molecular flexibility index (Phi) is 4.03. The fourth-order valence-corrected chi connectivity index (χ4v) is 2.74. The molecule has 4 aromatic rings. The number of hydrogen-bond acceptors (Lipinski definition) is 4. The van der Waals surface area contributed by atoms with Crippen LogP contribution in [0.3, 0.4) is 0 Å². The number of furan rings is 1. The van der Waals surface area contributed by atoms with Gasteiger partial charge in [-0.05, 0) is 70.5 Å². The van der Waals surface area contributed by atoms with Crippen molar-refractivity contribution in [2.75, 3.05) is 5.32 Å². The monoisotopic (exact) mass is 416 g/mol. The highest BCUT2D eigenvalue weighted by Gasteiger charge is 2.12. The molecule has 2 aromatic heterocycles. The summed E-state index contributed by atoms with van der Waals surface area (Å²) >= 11 is 9.07. The molecular formula is C17H10BrClN4O2. The molecular weight excluding hydrogens is 408 g/mol. The van der Waals surface area contributed by atoms with Crippen molar-refractivity contribution in [3.05, 3.63) is 70.0 Å². The van der Waals surface area contributed by atoms with E-state index in [1.54, 1.807) is 42.5 Å². The molecule has 0 aliphatic carbocycles. The minimum atomic E-state index is -0.338. The molecule has 0 unspecified atom stereocenters. The van der Waals surface area contributed by atoms with Crippen molar-refractivity contribution >= 4 is 50.2 Å². The van der Waals surface area contributed by atoms with Crippen LogP contribution in [0.25, 0.3) is 16.7 Å². The topological polar surface area (TPSA) is 73.0 Å². The van der Waals surface area contributed by atoms with Crippen molar-refractivity contribution in [1.29, 1.82) is 0 Å². The lowest BCUT2D eigenvalue weighted by Gasteiger charge is -2.02. The van der Waals surface area contributed by atoms with E-state index in [1.807, 2.05) is 12.1 Å². The second kappa shape index (κ2) is 6.34. The van der Waals surface area contributed by atoms with Gasteiger partial charge in [0, 0.05) is 10.7 Å². The normalized spacial score (nSPS) is 11.0. The number of amides is 1. The van der Waals surface area contributed by atoms with E-state index in [9.17, 15) is 4.79 Å². The second-order valence-electron chi connectivity index (χ2n) is 5.23. The number of benzene rings is 2. The molecule has 0 saturated carbocycles. The lowest BCUT2D eigenvalue weighted by molar-refractivity contribution is 0.0995. The van der Waals surface area contributed by atoms with Crippen LogP contribution >= 0.6 is 27.5 Å². The summed E-state index contributed by atoms with van der Waals surface area (Å²) < 4.78 is 5.74. The van der Waals surface area contributed by atoms with E-state index in [-0.39, 0.29) is 11.7 Å². The Labute approximate surface area is 155 Å². The molecule has 0 saturated heterocycles. The maximum absolute atomic E-state index is 12.1. The molecule has 0 atom stereocenters. The van der Waals surface area contributed by atoms with E-state index >= 15 is 0 Å². The van der Waals surface area contributed by atoms with Gasteiger partial charge < -0.3 is 9.73 Å². The molecule has 2 heterocycles. The molecule has 4 rings (SSSR count). The Bertz CT molecular complexity index is 1070. The first kappa shape index (κ1) is 15.9. The molecule has 1 N–H and O–H groups in total. The summed E-state index contributed by atoms with van der Waals surface area (Å²) in [6, 6.07) is 15.8. The van der Waals surface area contributed by atoms with Gasteiger partial charge in [0.05, 0.1) is 5.69 Å². The molecule has 0 spiro atoms. The van der Waals surface area contributed by atoms with Gasteiger partial charge in [-0.1, -0.05) is 11.6 Å². The van der Waals surface area contributed by atoms with Crippen molar-refractivity contribution in [2.24, 2.45) is 0 Å². The Balaban J connectivity index is 1.61. The fraction of sp³-hybridized carbons (Fsp3) is 0. The lowest BCUT2D eigenvalue weighted by atomic mass is 10.2. The van der Waals surface area contributed by atoms with Crippen LogP contribution in [-0.2, 0) is 0 Å². The summed E-state index contributed by atoms with van der Waals surface area (Å²) in [5, 5.41) is 12.3. The first-order valence-corrected chi connectivity index (χ1v) is 8.45. The molecule has 0 bridgehead atoms. The van der Waals surface area contributed by atoms with Crippen LogP contribution in [0, 0.1) is 0 Å². The number of nitrogens with zero attached hydrogens (tertiary/aromatic N) is 3. The van der Waals surface area contributed by atoms with Gasteiger partial charge >= 0.3 is 0 Å². The van der Waals surface area contributed by atoms with Crippen molar-refractivity contribution < 1.29 is 9.21 Å². The minimum absolute atomic E-state index is 0.219. The highest BCUT2D eigenvalue weighted by atomic mass is 79.9. The predicted octanol–water partition coefficient (Wildman–Crippen LogP) is 4.68. The van der Waals surface area contributed by atoms with Crippen LogP contribution in [0.2, 0.25) is 5.02 Å². The highest BCUT2D eigenvalue weighted by Crippen LogP contribution is 2.20. The number of aromatic nitrogens is 3. The fourth-order valence-electron chi connectivity index (χ4n) is 2.31. The minimum Gasteiger partial charge on any atom is -0.444 e. The third-order valence-electron chi connectivity index (χ3n) is 3.49. The average molecular weight is 418 g/mol. The summed E-state index contributed by atoms with van der Waals surface area (Å²) in [5.74, 6) is -0.119. The third kappa shape index (κ3) is 3.29. The Morgan fingerprint density at radius 1 is 1.04 bits per heavy atom. The van der Waals surface area contributed by atoms with Gasteiger partial charge in [0.25, 0.3) is 5.91 Å². The van der Waals surface area contributed by atoms with Crippen LogP contribution in [-0.4, -0.2) is 20.9 Å². The van der Waals surface area contributed by atoms with Gasteiger partial charge in [-0.25, -0.2) is 0 Å². The van der Waals surface area contributed by atoms with Crippen molar-refractivity contribution in [3.63, 3.8) is 0 Å². The molecule has 0 aliphatic rings. The van der Waals surface area contributed by atoms with Crippen LogP contribution in [0.4, 0.5) is 5.69 Å². The Morgan fingerprint density at radius 2 is 1.80 bits per heavy atom. The molecule has 0 fully saturated rings. The zero-order chi connectivity index (χ0) is 17.4. The summed E-state index contributed by atoms with van der Waals surface area (Å²) in [4.78, 5) is 13.7. The number of rotatable bonds is 3. The van der Waals surface area contributed by atoms with Crippen molar-refractivity contribution in [3.8, 4) is 5.69 Å². The van der Waals surface area contributed by atoms with Crippen molar-refractivity contribution in [1.82, 2.24) is 15.0 Å². The molecule has 0 aliphatic heterocycles. The van der Waals surface area contributed by atoms with Gasteiger partial charge in [0.15, 0.2) is 10.4 Å². The summed E-state index contributed by atoms with van der Waals surface area (Å²) in [6.07, 6.45) is 0. The molecule has 25 heavy (non-hydrogen) atoms. The molecule has 124 valence electrons. The van der Waals surface area contributed by atoms with Crippen LogP contribution in [0.5, 0.6) is 0 Å². The number of nitrogens with one attached hydrogen (secondary N) is 1. The number of anilines is 1. The number of carbonyl (C=O) groups excluding carboxylic acids is 1. The number of fused-ring (bicyclic) bond motifs is 1. The molecule has 6 nitrogen and oxygen atoms in total. The van der Waals surface area contributed by atoms with Crippen molar-refractivity contribution in [2.45, 2.75) is 0 Å². The molecule has 0 radical (unpaired) electrons. The number of carbonyl (C=O) groups is 1. The zero-order valence-electron chi connectivity index (χ0n) is 12.6. The smallest absolute Gasteiger partial charge is 0.291 e.